The third-order valence-corrected chi connectivity index (χ3v) is 6.37. The van der Waals surface area contributed by atoms with Crippen molar-refractivity contribution in [2.75, 3.05) is 20.8 Å². The molecule has 0 aliphatic carbocycles. The van der Waals surface area contributed by atoms with E-state index in [2.05, 4.69) is 36.6 Å². The first-order chi connectivity index (χ1) is 17.4. The lowest BCUT2D eigenvalue weighted by Gasteiger charge is -2.18. The van der Waals surface area contributed by atoms with E-state index in [9.17, 15) is 9.90 Å². The first kappa shape index (κ1) is 25.3. The molecule has 1 atom stereocenters. The standard InChI is InChI=1S/C30H33NO5/c1-20(2)22-15-28(34-3)26(29(16-22)35-4)18-31-17-23(25-12-8-9-13-27(25)31)14-24(32)19-36-30(33)21-10-6-5-7-11-21/h5-13,15-17,20,24,32H,14,18-19H2,1-4H3. The fraction of sp³-hybridized carbons (Fsp3) is 0.300. The van der Waals surface area contributed by atoms with Crippen molar-refractivity contribution < 1.29 is 24.1 Å². The van der Waals surface area contributed by atoms with Crippen molar-refractivity contribution in [1.82, 2.24) is 4.57 Å². The second-order valence-electron chi connectivity index (χ2n) is 9.18. The summed E-state index contributed by atoms with van der Waals surface area (Å²) in [5.74, 6) is 1.47. The molecule has 0 bridgehead atoms. The van der Waals surface area contributed by atoms with Crippen LogP contribution in [0, 0.1) is 0 Å². The number of hydrogen-bond donors (Lipinski definition) is 1. The van der Waals surface area contributed by atoms with Crippen molar-refractivity contribution in [3.8, 4) is 11.5 Å². The maximum Gasteiger partial charge on any atom is 0.338 e. The van der Waals surface area contributed by atoms with Gasteiger partial charge in [-0.25, -0.2) is 4.79 Å². The van der Waals surface area contributed by atoms with Crippen molar-refractivity contribution in [3.63, 3.8) is 0 Å². The lowest BCUT2D eigenvalue weighted by Crippen LogP contribution is -2.20. The van der Waals surface area contributed by atoms with Crippen LogP contribution in [-0.2, 0) is 17.7 Å². The molecule has 0 aliphatic heterocycles. The number of benzene rings is 3. The summed E-state index contributed by atoms with van der Waals surface area (Å²) in [6, 6.07) is 21.0. The summed E-state index contributed by atoms with van der Waals surface area (Å²) in [5.41, 5.74) is 4.59. The van der Waals surface area contributed by atoms with E-state index >= 15 is 0 Å². The van der Waals surface area contributed by atoms with Crippen molar-refractivity contribution in [3.05, 3.63) is 95.2 Å². The van der Waals surface area contributed by atoms with Crippen LogP contribution in [0.3, 0.4) is 0 Å². The molecule has 0 fully saturated rings. The summed E-state index contributed by atoms with van der Waals surface area (Å²) < 4.78 is 19.0. The zero-order chi connectivity index (χ0) is 25.7. The van der Waals surface area contributed by atoms with E-state index < -0.39 is 12.1 Å². The lowest BCUT2D eigenvalue weighted by molar-refractivity contribution is 0.0259. The number of esters is 1. The highest BCUT2D eigenvalue weighted by molar-refractivity contribution is 5.89. The number of aliphatic hydroxyl groups is 1. The highest BCUT2D eigenvalue weighted by atomic mass is 16.5. The summed E-state index contributed by atoms with van der Waals surface area (Å²) in [7, 11) is 3.35. The summed E-state index contributed by atoms with van der Waals surface area (Å²) in [5, 5.41) is 11.7. The molecule has 0 aliphatic rings. The van der Waals surface area contributed by atoms with Gasteiger partial charge in [0.15, 0.2) is 0 Å². The van der Waals surface area contributed by atoms with Gasteiger partial charge in [-0.15, -0.1) is 0 Å². The number of nitrogens with zero attached hydrogens (tertiary/aromatic N) is 1. The third-order valence-electron chi connectivity index (χ3n) is 6.37. The Morgan fingerprint density at radius 3 is 2.22 bits per heavy atom. The Morgan fingerprint density at radius 2 is 1.58 bits per heavy atom. The minimum absolute atomic E-state index is 0.0778. The molecule has 3 aromatic carbocycles. The van der Waals surface area contributed by atoms with Crippen LogP contribution in [0.25, 0.3) is 10.9 Å². The van der Waals surface area contributed by atoms with Gasteiger partial charge in [0.05, 0.1) is 38.0 Å². The first-order valence-electron chi connectivity index (χ1n) is 12.1. The van der Waals surface area contributed by atoms with Crippen LogP contribution >= 0.6 is 0 Å². The van der Waals surface area contributed by atoms with Crippen molar-refractivity contribution in [1.29, 1.82) is 0 Å². The minimum Gasteiger partial charge on any atom is -0.496 e. The second-order valence-corrected chi connectivity index (χ2v) is 9.18. The molecule has 0 radical (unpaired) electrons. The van der Waals surface area contributed by atoms with Crippen LogP contribution in [0.1, 0.15) is 46.8 Å². The number of aliphatic hydroxyl groups excluding tert-OH is 1. The molecular formula is C30H33NO5. The molecule has 4 rings (SSSR count). The highest BCUT2D eigenvalue weighted by Gasteiger charge is 2.19. The molecule has 1 aromatic heterocycles. The van der Waals surface area contributed by atoms with Gasteiger partial charge >= 0.3 is 5.97 Å². The number of rotatable bonds is 10. The number of hydrogen-bond acceptors (Lipinski definition) is 5. The van der Waals surface area contributed by atoms with Gasteiger partial charge in [0.2, 0.25) is 0 Å². The monoisotopic (exact) mass is 487 g/mol. The SMILES string of the molecule is COc1cc(C(C)C)cc(OC)c1Cn1cc(CC(O)COC(=O)c2ccccc2)c2ccccc21. The van der Waals surface area contributed by atoms with Crippen LogP contribution in [0.2, 0.25) is 0 Å². The average Bonchev–Trinajstić information content (AvgIpc) is 3.24. The maximum atomic E-state index is 12.2. The highest BCUT2D eigenvalue weighted by Crippen LogP contribution is 2.35. The molecule has 0 saturated carbocycles. The number of fused-ring (bicyclic) bond motifs is 1. The fourth-order valence-electron chi connectivity index (χ4n) is 4.42. The molecule has 0 spiro atoms. The van der Waals surface area contributed by atoms with E-state index in [0.717, 1.165) is 39.1 Å². The van der Waals surface area contributed by atoms with E-state index in [1.807, 2.05) is 30.5 Å². The number of methoxy groups -OCH3 is 2. The number of carbonyl (C=O) groups is 1. The molecular weight excluding hydrogens is 454 g/mol. The van der Waals surface area contributed by atoms with Gasteiger partial charge in [-0.3, -0.25) is 0 Å². The van der Waals surface area contributed by atoms with Crippen molar-refractivity contribution >= 4 is 16.9 Å². The van der Waals surface area contributed by atoms with Crippen LogP contribution in [0.15, 0.2) is 72.9 Å². The summed E-state index contributed by atoms with van der Waals surface area (Å²) in [6.45, 7) is 4.75. The van der Waals surface area contributed by atoms with E-state index in [1.165, 1.54) is 0 Å². The average molecular weight is 488 g/mol. The number of carbonyl (C=O) groups excluding carboxylic acids is 1. The van der Waals surface area contributed by atoms with Crippen LogP contribution in [0.4, 0.5) is 0 Å². The minimum atomic E-state index is -0.827. The molecule has 6 heteroatoms. The van der Waals surface area contributed by atoms with Gasteiger partial charge in [-0.2, -0.15) is 0 Å². The molecule has 1 heterocycles. The smallest absolute Gasteiger partial charge is 0.338 e. The molecule has 188 valence electrons. The molecule has 0 saturated heterocycles. The quantitative estimate of drug-likeness (QED) is 0.295. The zero-order valence-corrected chi connectivity index (χ0v) is 21.2. The zero-order valence-electron chi connectivity index (χ0n) is 21.2. The Hall–Kier alpha value is -3.77. The lowest BCUT2D eigenvalue weighted by atomic mass is 9.99. The summed E-state index contributed by atoms with van der Waals surface area (Å²) >= 11 is 0. The predicted octanol–water partition coefficient (Wildman–Crippen LogP) is 5.59. The number of para-hydroxylation sites is 1. The Morgan fingerprint density at radius 1 is 0.944 bits per heavy atom. The Labute approximate surface area is 212 Å². The molecule has 6 nitrogen and oxygen atoms in total. The van der Waals surface area contributed by atoms with E-state index in [1.54, 1.807) is 38.5 Å². The van der Waals surface area contributed by atoms with Gasteiger partial charge in [-0.05, 0) is 47.4 Å². The Balaban J connectivity index is 1.57. The van der Waals surface area contributed by atoms with Gasteiger partial charge in [0.25, 0.3) is 0 Å². The van der Waals surface area contributed by atoms with Gasteiger partial charge < -0.3 is 23.9 Å². The van der Waals surface area contributed by atoms with Crippen molar-refractivity contribution in [2.24, 2.45) is 0 Å². The maximum absolute atomic E-state index is 12.2. The van der Waals surface area contributed by atoms with E-state index in [4.69, 9.17) is 14.2 Å². The van der Waals surface area contributed by atoms with Crippen molar-refractivity contribution in [2.45, 2.75) is 38.8 Å². The first-order valence-corrected chi connectivity index (χ1v) is 12.1. The van der Waals surface area contributed by atoms with E-state index in [-0.39, 0.29) is 6.61 Å². The molecule has 36 heavy (non-hydrogen) atoms. The summed E-state index contributed by atoms with van der Waals surface area (Å²) in [4.78, 5) is 12.2. The Kier molecular flexibility index (Phi) is 7.96. The van der Waals surface area contributed by atoms with Gasteiger partial charge in [0, 0.05) is 23.5 Å². The molecule has 1 N–H and O–H groups in total. The Bertz CT molecular complexity index is 1300. The molecule has 1 unspecified atom stereocenters. The second kappa shape index (κ2) is 11.3. The van der Waals surface area contributed by atoms with Gasteiger partial charge in [-0.1, -0.05) is 50.2 Å². The van der Waals surface area contributed by atoms with E-state index in [0.29, 0.717) is 24.4 Å². The summed E-state index contributed by atoms with van der Waals surface area (Å²) in [6.07, 6.45) is 1.57. The van der Waals surface area contributed by atoms with Crippen LogP contribution in [-0.4, -0.2) is 42.6 Å². The normalized spacial score (nSPS) is 12.1. The number of aromatic nitrogens is 1. The molecule has 4 aromatic rings. The van der Waals surface area contributed by atoms with Crippen LogP contribution < -0.4 is 9.47 Å². The molecule has 0 amide bonds. The van der Waals surface area contributed by atoms with Crippen LogP contribution in [0.5, 0.6) is 11.5 Å². The largest absolute Gasteiger partial charge is 0.496 e. The topological polar surface area (TPSA) is 69.9 Å². The van der Waals surface area contributed by atoms with Gasteiger partial charge in [0.1, 0.15) is 18.1 Å². The third kappa shape index (κ3) is 5.55. The fourth-order valence-corrected chi connectivity index (χ4v) is 4.42. The number of ether oxygens (including phenoxy) is 3. The predicted molar refractivity (Wildman–Crippen MR) is 141 cm³/mol.